The van der Waals surface area contributed by atoms with E-state index in [2.05, 4.69) is 0 Å². The van der Waals surface area contributed by atoms with Crippen LogP contribution in [0.25, 0.3) is 0 Å². The highest BCUT2D eigenvalue weighted by molar-refractivity contribution is 5.75. The van der Waals surface area contributed by atoms with E-state index in [-0.39, 0.29) is 12.8 Å². The lowest BCUT2D eigenvalue weighted by atomic mass is 9.96. The lowest BCUT2D eigenvalue weighted by molar-refractivity contribution is -0.143. The number of nitrogens with two attached hydrogens (primary N) is 1. The summed E-state index contributed by atoms with van der Waals surface area (Å²) in [4.78, 5) is 21.4. The van der Waals surface area contributed by atoms with Gasteiger partial charge in [0, 0.05) is 6.42 Å². The number of carboxylic acids is 2. The molecule has 0 radical (unpaired) electrons. The number of rotatable bonds is 6. The molecule has 0 aliphatic carbocycles. The van der Waals surface area contributed by atoms with Gasteiger partial charge < -0.3 is 20.4 Å². The van der Waals surface area contributed by atoms with Crippen LogP contribution in [0, 0.1) is 5.92 Å². The minimum absolute atomic E-state index is 0.120. The number of aliphatic carboxylic acids is 2. The summed E-state index contributed by atoms with van der Waals surface area (Å²) in [5.41, 5.74) is 5.29. The zero-order chi connectivity index (χ0) is 12.1. The number of hydrogen-bond acceptors (Lipinski definition) is 4. The fourth-order valence-corrected chi connectivity index (χ4v) is 1.35. The summed E-state index contributed by atoms with van der Waals surface area (Å²) in [6, 6.07) is 2.12. The summed E-state index contributed by atoms with van der Waals surface area (Å²) in [6.45, 7) is 0. The Morgan fingerprint density at radius 1 is 1.38 bits per heavy atom. The first-order valence-electron chi connectivity index (χ1n) is 4.74. The van der Waals surface area contributed by atoms with Gasteiger partial charge in [-0.1, -0.05) is 0 Å². The summed E-state index contributed by atoms with van der Waals surface area (Å²) in [5.74, 6) is -2.62. The summed E-state index contributed by atoms with van der Waals surface area (Å²) in [5, 5.41) is 17.5. The Morgan fingerprint density at radius 3 is 2.50 bits per heavy atom. The molecule has 16 heavy (non-hydrogen) atoms. The SMILES string of the molecule is N[C@@H](C[C@H](Cc1ccco1)C(=O)O)C(=O)O. The van der Waals surface area contributed by atoms with Gasteiger partial charge in [-0.3, -0.25) is 9.59 Å². The van der Waals surface area contributed by atoms with Crippen LogP contribution >= 0.6 is 0 Å². The van der Waals surface area contributed by atoms with Gasteiger partial charge in [0.1, 0.15) is 11.8 Å². The molecule has 4 N–H and O–H groups in total. The molecule has 0 aromatic carbocycles. The number of hydrogen-bond donors (Lipinski definition) is 3. The van der Waals surface area contributed by atoms with Crippen LogP contribution in [0.5, 0.6) is 0 Å². The number of carbonyl (C=O) groups is 2. The molecule has 6 heteroatoms. The van der Waals surface area contributed by atoms with Gasteiger partial charge in [0.25, 0.3) is 0 Å². The first-order chi connectivity index (χ1) is 7.50. The molecule has 2 atom stereocenters. The third-order valence-electron chi connectivity index (χ3n) is 2.23. The van der Waals surface area contributed by atoms with Crippen molar-refractivity contribution in [1.29, 1.82) is 0 Å². The molecule has 1 aromatic heterocycles. The Labute approximate surface area is 91.7 Å². The van der Waals surface area contributed by atoms with E-state index in [4.69, 9.17) is 20.4 Å². The van der Waals surface area contributed by atoms with E-state index in [1.165, 1.54) is 6.26 Å². The molecular formula is C10H13NO5. The molecule has 0 amide bonds. The third kappa shape index (κ3) is 3.39. The Bertz CT molecular complexity index is 359. The van der Waals surface area contributed by atoms with Crippen LogP contribution in [-0.2, 0) is 16.0 Å². The highest BCUT2D eigenvalue weighted by Gasteiger charge is 2.25. The van der Waals surface area contributed by atoms with Crippen LogP contribution in [0.2, 0.25) is 0 Å². The normalized spacial score (nSPS) is 14.3. The van der Waals surface area contributed by atoms with E-state index in [0.717, 1.165) is 0 Å². The van der Waals surface area contributed by atoms with E-state index >= 15 is 0 Å². The van der Waals surface area contributed by atoms with E-state index in [9.17, 15) is 9.59 Å². The lowest BCUT2D eigenvalue weighted by Gasteiger charge is -2.13. The van der Waals surface area contributed by atoms with Crippen molar-refractivity contribution >= 4 is 11.9 Å². The molecule has 0 saturated heterocycles. The molecule has 1 heterocycles. The zero-order valence-corrected chi connectivity index (χ0v) is 8.50. The second-order valence-electron chi connectivity index (χ2n) is 3.50. The Kier molecular flexibility index (Phi) is 4.07. The monoisotopic (exact) mass is 227 g/mol. The Balaban J connectivity index is 2.61. The summed E-state index contributed by atoms with van der Waals surface area (Å²) >= 11 is 0. The largest absolute Gasteiger partial charge is 0.481 e. The second-order valence-corrected chi connectivity index (χ2v) is 3.50. The quantitative estimate of drug-likeness (QED) is 0.645. The molecule has 6 nitrogen and oxygen atoms in total. The molecule has 0 aliphatic rings. The van der Waals surface area contributed by atoms with Crippen LogP contribution in [0.15, 0.2) is 22.8 Å². The maximum atomic E-state index is 10.9. The summed E-state index contributed by atoms with van der Waals surface area (Å²) in [6.07, 6.45) is 1.46. The highest BCUT2D eigenvalue weighted by atomic mass is 16.4. The van der Waals surface area contributed by atoms with Crippen LogP contribution in [0.3, 0.4) is 0 Å². The number of furan rings is 1. The zero-order valence-electron chi connectivity index (χ0n) is 8.50. The smallest absolute Gasteiger partial charge is 0.320 e. The predicted octanol–water partition coefficient (Wildman–Crippen LogP) is 0.325. The van der Waals surface area contributed by atoms with Gasteiger partial charge in [0.15, 0.2) is 0 Å². The molecule has 1 rings (SSSR count). The summed E-state index contributed by atoms with van der Waals surface area (Å²) < 4.78 is 5.00. The second kappa shape index (κ2) is 5.32. The standard InChI is InChI=1S/C10H13NO5/c11-8(10(14)15)5-6(9(12)13)4-7-2-1-3-16-7/h1-3,6,8H,4-5,11H2,(H,12,13)(H,14,15)/t6-,8-/m0/s1. The topological polar surface area (TPSA) is 114 Å². The van der Waals surface area contributed by atoms with Crippen molar-refractivity contribution in [3.05, 3.63) is 24.2 Å². The van der Waals surface area contributed by atoms with Crippen LogP contribution < -0.4 is 5.73 Å². The van der Waals surface area contributed by atoms with Crippen molar-refractivity contribution in [3.8, 4) is 0 Å². The van der Waals surface area contributed by atoms with E-state index in [1.807, 2.05) is 0 Å². The van der Waals surface area contributed by atoms with Gasteiger partial charge in [-0.25, -0.2) is 0 Å². The van der Waals surface area contributed by atoms with Gasteiger partial charge in [0.2, 0.25) is 0 Å². The van der Waals surface area contributed by atoms with Gasteiger partial charge in [-0.05, 0) is 18.6 Å². The maximum Gasteiger partial charge on any atom is 0.320 e. The van der Waals surface area contributed by atoms with Crippen molar-refractivity contribution in [2.75, 3.05) is 0 Å². The molecule has 0 bridgehead atoms. The van der Waals surface area contributed by atoms with Crippen molar-refractivity contribution in [1.82, 2.24) is 0 Å². The summed E-state index contributed by atoms with van der Waals surface area (Å²) in [7, 11) is 0. The predicted molar refractivity (Wildman–Crippen MR) is 53.8 cm³/mol. The van der Waals surface area contributed by atoms with Crippen molar-refractivity contribution in [2.24, 2.45) is 11.7 Å². The van der Waals surface area contributed by atoms with Gasteiger partial charge in [-0.2, -0.15) is 0 Å². The Morgan fingerprint density at radius 2 is 2.06 bits per heavy atom. The molecule has 0 fully saturated rings. The van der Waals surface area contributed by atoms with Gasteiger partial charge in [-0.15, -0.1) is 0 Å². The van der Waals surface area contributed by atoms with Crippen molar-refractivity contribution in [3.63, 3.8) is 0 Å². The van der Waals surface area contributed by atoms with Crippen LogP contribution in [-0.4, -0.2) is 28.2 Å². The van der Waals surface area contributed by atoms with Crippen LogP contribution in [0.1, 0.15) is 12.2 Å². The maximum absolute atomic E-state index is 10.9. The molecule has 0 spiro atoms. The van der Waals surface area contributed by atoms with Gasteiger partial charge >= 0.3 is 11.9 Å². The van der Waals surface area contributed by atoms with E-state index in [0.29, 0.717) is 5.76 Å². The Hall–Kier alpha value is -1.82. The molecule has 0 saturated carbocycles. The first-order valence-corrected chi connectivity index (χ1v) is 4.74. The molecular weight excluding hydrogens is 214 g/mol. The third-order valence-corrected chi connectivity index (χ3v) is 2.23. The molecule has 88 valence electrons. The number of carboxylic acid groups (broad SMARTS) is 2. The minimum atomic E-state index is -1.20. The average molecular weight is 227 g/mol. The highest BCUT2D eigenvalue weighted by Crippen LogP contribution is 2.14. The van der Waals surface area contributed by atoms with Crippen LogP contribution in [0.4, 0.5) is 0 Å². The van der Waals surface area contributed by atoms with E-state index < -0.39 is 23.9 Å². The molecule has 0 unspecified atom stereocenters. The van der Waals surface area contributed by atoms with Gasteiger partial charge in [0.05, 0.1) is 12.2 Å². The van der Waals surface area contributed by atoms with Crippen molar-refractivity contribution < 1.29 is 24.2 Å². The van der Waals surface area contributed by atoms with E-state index in [1.54, 1.807) is 12.1 Å². The average Bonchev–Trinajstić information content (AvgIpc) is 2.68. The minimum Gasteiger partial charge on any atom is -0.481 e. The van der Waals surface area contributed by atoms with Crippen molar-refractivity contribution in [2.45, 2.75) is 18.9 Å². The first kappa shape index (κ1) is 12.3. The molecule has 1 aromatic rings. The fraction of sp³-hybridized carbons (Fsp3) is 0.400. The lowest BCUT2D eigenvalue weighted by Crippen LogP contribution is -2.35. The molecule has 0 aliphatic heterocycles. The fourth-order valence-electron chi connectivity index (χ4n) is 1.35.